The quantitative estimate of drug-likeness (QED) is 0.263. The maximum atomic E-state index is 14.9. The van der Waals surface area contributed by atoms with Crippen LogP contribution in [0.4, 0.5) is 26.3 Å². The van der Waals surface area contributed by atoms with Gasteiger partial charge in [-0.2, -0.15) is 17.6 Å². The van der Waals surface area contributed by atoms with Crippen molar-refractivity contribution in [2.24, 2.45) is 17.8 Å². The highest BCUT2D eigenvalue weighted by Gasteiger charge is 2.46. The zero-order valence-corrected chi connectivity index (χ0v) is 20.1. The zero-order chi connectivity index (χ0) is 26.6. The fourth-order valence-corrected chi connectivity index (χ4v) is 4.66. The largest absolute Gasteiger partial charge is 0.432 e. The average molecular weight is 531 g/mol. The van der Waals surface area contributed by atoms with Crippen molar-refractivity contribution in [1.82, 2.24) is 0 Å². The van der Waals surface area contributed by atoms with Gasteiger partial charge in [-0.15, -0.1) is 0 Å². The lowest BCUT2D eigenvalue weighted by atomic mass is 9.80. The van der Waals surface area contributed by atoms with Gasteiger partial charge < -0.3 is 18.9 Å². The first-order valence-corrected chi connectivity index (χ1v) is 12.1. The molecule has 1 aliphatic carbocycles. The summed E-state index contributed by atoms with van der Waals surface area (Å²) in [6.45, 7) is 2.95. The number of hydrogen-bond acceptors (Lipinski definition) is 4. The number of halogens is 6. The SMILES string of the molecule is C/C=C/C1COC(C2CCC(C(F)(F)Oc3ccc(C(F)(F)Oc4ccc(F)cc4)c(F)c3)CC2)OC1. The van der Waals surface area contributed by atoms with Gasteiger partial charge in [-0.3, -0.25) is 0 Å². The van der Waals surface area contributed by atoms with Crippen LogP contribution in [0.25, 0.3) is 0 Å². The second-order valence-electron chi connectivity index (χ2n) is 9.31. The Morgan fingerprint density at radius 3 is 2.05 bits per heavy atom. The molecule has 10 heteroatoms. The molecule has 1 saturated carbocycles. The molecule has 2 aromatic rings. The van der Waals surface area contributed by atoms with Crippen LogP contribution in [0.1, 0.15) is 38.2 Å². The minimum Gasteiger partial charge on any atom is -0.432 e. The molecule has 0 radical (unpaired) electrons. The van der Waals surface area contributed by atoms with E-state index in [1.807, 2.05) is 19.1 Å². The van der Waals surface area contributed by atoms with Gasteiger partial charge in [-0.25, -0.2) is 8.78 Å². The molecule has 0 atom stereocenters. The minimum atomic E-state index is -4.13. The van der Waals surface area contributed by atoms with Gasteiger partial charge in [0.05, 0.1) is 19.1 Å². The standard InChI is InChI=1S/C27H28F6O4/c1-2-3-17-15-34-25(35-16-17)18-4-6-19(7-5-18)26(30,31)37-22-12-13-23(24(29)14-22)27(32,33)36-21-10-8-20(28)9-11-21/h2-3,8-14,17-19,25H,4-7,15-16H2,1H3/b3-2+. The molecular weight excluding hydrogens is 502 g/mol. The van der Waals surface area contributed by atoms with Gasteiger partial charge in [-0.1, -0.05) is 12.2 Å². The van der Waals surface area contributed by atoms with E-state index in [2.05, 4.69) is 4.74 Å². The summed E-state index contributed by atoms with van der Waals surface area (Å²) in [5, 5.41) is 0. The van der Waals surface area contributed by atoms with Crippen LogP contribution in [-0.4, -0.2) is 25.6 Å². The molecule has 1 heterocycles. The van der Waals surface area contributed by atoms with Crippen molar-refractivity contribution in [1.29, 1.82) is 0 Å². The lowest BCUT2D eigenvalue weighted by Gasteiger charge is -2.38. The zero-order valence-electron chi connectivity index (χ0n) is 20.1. The molecule has 1 saturated heterocycles. The third-order valence-corrected chi connectivity index (χ3v) is 6.61. The van der Waals surface area contributed by atoms with Gasteiger partial charge in [0.2, 0.25) is 0 Å². The van der Waals surface area contributed by atoms with Crippen LogP contribution in [0, 0.1) is 29.4 Å². The molecule has 1 aliphatic heterocycles. The Hall–Kier alpha value is -2.72. The van der Waals surface area contributed by atoms with E-state index >= 15 is 0 Å². The highest BCUT2D eigenvalue weighted by atomic mass is 19.3. The summed E-state index contributed by atoms with van der Waals surface area (Å²) in [6, 6.07) is 5.67. The van der Waals surface area contributed by atoms with Crippen molar-refractivity contribution >= 4 is 0 Å². The van der Waals surface area contributed by atoms with Gasteiger partial charge in [0.15, 0.2) is 6.29 Å². The van der Waals surface area contributed by atoms with Crippen LogP contribution in [0.15, 0.2) is 54.6 Å². The van der Waals surface area contributed by atoms with Crippen molar-refractivity contribution in [3.8, 4) is 11.5 Å². The number of benzene rings is 2. The fourth-order valence-electron chi connectivity index (χ4n) is 4.66. The maximum Gasteiger partial charge on any atom is 0.429 e. The van der Waals surface area contributed by atoms with E-state index in [4.69, 9.17) is 14.2 Å². The second kappa shape index (κ2) is 11.3. The summed E-state index contributed by atoms with van der Waals surface area (Å²) >= 11 is 0. The molecule has 0 spiro atoms. The van der Waals surface area contributed by atoms with E-state index in [-0.39, 0.29) is 24.7 Å². The minimum absolute atomic E-state index is 0.0151. The lowest BCUT2D eigenvalue weighted by Crippen LogP contribution is -2.41. The van der Waals surface area contributed by atoms with Crippen molar-refractivity contribution < 1.29 is 45.3 Å². The summed E-state index contributed by atoms with van der Waals surface area (Å²) in [4.78, 5) is 0. The van der Waals surface area contributed by atoms with Crippen LogP contribution in [0.2, 0.25) is 0 Å². The number of alkyl halides is 4. The summed E-state index contributed by atoms with van der Waals surface area (Å²) < 4.78 is 107. The smallest absolute Gasteiger partial charge is 0.429 e. The predicted octanol–water partition coefficient (Wildman–Crippen LogP) is 7.44. The molecule has 0 bridgehead atoms. The van der Waals surface area contributed by atoms with Gasteiger partial charge in [0.1, 0.15) is 28.7 Å². The Kier molecular flexibility index (Phi) is 8.38. The molecule has 0 N–H and O–H groups in total. The first-order chi connectivity index (χ1) is 17.6. The van der Waals surface area contributed by atoms with Crippen LogP contribution >= 0.6 is 0 Å². The summed E-state index contributed by atoms with van der Waals surface area (Å²) in [7, 11) is 0. The van der Waals surface area contributed by atoms with E-state index in [1.165, 1.54) is 0 Å². The van der Waals surface area contributed by atoms with Crippen molar-refractivity contribution in [2.75, 3.05) is 13.2 Å². The van der Waals surface area contributed by atoms with Crippen LogP contribution in [0.5, 0.6) is 11.5 Å². The van der Waals surface area contributed by atoms with E-state index in [0.29, 0.717) is 38.2 Å². The molecule has 4 rings (SSSR count). The summed E-state index contributed by atoms with van der Waals surface area (Å²) in [5.74, 6) is -4.09. The maximum absolute atomic E-state index is 14.9. The Morgan fingerprint density at radius 2 is 1.46 bits per heavy atom. The second-order valence-corrected chi connectivity index (χ2v) is 9.31. The monoisotopic (exact) mass is 530 g/mol. The third-order valence-electron chi connectivity index (χ3n) is 6.61. The van der Waals surface area contributed by atoms with Crippen molar-refractivity contribution in [2.45, 2.75) is 51.1 Å². The fraction of sp³-hybridized carbons (Fsp3) is 0.481. The van der Waals surface area contributed by atoms with E-state index < -0.39 is 53.1 Å². The summed E-state index contributed by atoms with van der Waals surface area (Å²) in [5.41, 5.74) is -1.17. The molecular formula is C27H28F6O4. The Bertz CT molecular complexity index is 1060. The molecule has 0 unspecified atom stereocenters. The Morgan fingerprint density at radius 1 is 0.838 bits per heavy atom. The number of hydrogen-bond donors (Lipinski definition) is 0. The van der Waals surface area contributed by atoms with Gasteiger partial charge in [-0.05, 0) is 69.0 Å². The first kappa shape index (κ1) is 27.3. The number of rotatable bonds is 8. The molecule has 2 aromatic carbocycles. The number of allylic oxidation sites excluding steroid dienone is 1. The molecule has 37 heavy (non-hydrogen) atoms. The Labute approximate surface area is 211 Å². The third kappa shape index (κ3) is 6.78. The average Bonchev–Trinajstić information content (AvgIpc) is 2.86. The molecule has 0 amide bonds. The lowest BCUT2D eigenvalue weighted by molar-refractivity contribution is -0.244. The van der Waals surface area contributed by atoms with Crippen LogP contribution in [0.3, 0.4) is 0 Å². The van der Waals surface area contributed by atoms with Crippen molar-refractivity contribution in [3.05, 3.63) is 71.8 Å². The van der Waals surface area contributed by atoms with E-state index in [0.717, 1.165) is 30.3 Å². The highest BCUT2D eigenvalue weighted by molar-refractivity contribution is 5.32. The van der Waals surface area contributed by atoms with Gasteiger partial charge in [0, 0.05) is 17.9 Å². The van der Waals surface area contributed by atoms with Gasteiger partial charge >= 0.3 is 12.2 Å². The predicted molar refractivity (Wildman–Crippen MR) is 122 cm³/mol. The molecule has 2 fully saturated rings. The topological polar surface area (TPSA) is 36.9 Å². The molecule has 0 aromatic heterocycles. The normalized spacial score (nSPS) is 25.3. The highest BCUT2D eigenvalue weighted by Crippen LogP contribution is 2.43. The molecule has 2 aliphatic rings. The van der Waals surface area contributed by atoms with E-state index in [9.17, 15) is 26.3 Å². The van der Waals surface area contributed by atoms with Crippen molar-refractivity contribution in [3.63, 3.8) is 0 Å². The Balaban J connectivity index is 1.33. The van der Waals surface area contributed by atoms with E-state index in [1.54, 1.807) is 0 Å². The number of ether oxygens (including phenoxy) is 4. The van der Waals surface area contributed by atoms with Crippen LogP contribution in [-0.2, 0) is 15.6 Å². The first-order valence-electron chi connectivity index (χ1n) is 12.1. The summed E-state index contributed by atoms with van der Waals surface area (Å²) in [6.07, 6.45) is -3.08. The van der Waals surface area contributed by atoms with Crippen LogP contribution < -0.4 is 9.47 Å². The van der Waals surface area contributed by atoms with Gasteiger partial charge in [0.25, 0.3) is 0 Å². The molecule has 4 nitrogen and oxygen atoms in total. The molecule has 202 valence electrons.